The van der Waals surface area contributed by atoms with Gasteiger partial charge in [0.25, 0.3) is 5.91 Å². The predicted molar refractivity (Wildman–Crippen MR) is 83.7 cm³/mol. The average molecular weight is 297 g/mol. The number of aromatic nitrogens is 2. The molecule has 2 heterocycles. The number of amides is 1. The van der Waals surface area contributed by atoms with Crippen LogP contribution in [-0.2, 0) is 6.42 Å². The van der Waals surface area contributed by atoms with Gasteiger partial charge >= 0.3 is 0 Å². The minimum absolute atomic E-state index is 0.249. The Morgan fingerprint density at radius 2 is 1.95 bits per heavy atom. The minimum Gasteiger partial charge on any atom is -0.321 e. The first kappa shape index (κ1) is 14.3. The van der Waals surface area contributed by atoms with Crippen LogP contribution in [-0.4, -0.2) is 15.3 Å². The number of carbonyl (C=O) groups is 1. The second kappa shape index (κ2) is 5.60. The number of hydrogen-bond donors (Lipinski definition) is 1. The van der Waals surface area contributed by atoms with Crippen molar-refractivity contribution in [3.63, 3.8) is 0 Å². The molecule has 0 radical (unpaired) electrons. The van der Waals surface area contributed by atoms with E-state index in [4.69, 9.17) is 0 Å². The van der Waals surface area contributed by atoms with Crippen molar-refractivity contribution in [3.05, 3.63) is 65.4 Å². The van der Waals surface area contributed by atoms with Crippen molar-refractivity contribution in [2.24, 2.45) is 0 Å². The van der Waals surface area contributed by atoms with E-state index >= 15 is 0 Å². The lowest BCUT2D eigenvalue weighted by atomic mass is 10.2. The number of aryl methyl sites for hydroxylation is 2. The number of anilines is 1. The molecule has 0 atom stereocenters. The maximum absolute atomic E-state index is 12.9. The summed E-state index contributed by atoms with van der Waals surface area (Å²) in [5.74, 6) is -0.584. The van der Waals surface area contributed by atoms with Gasteiger partial charge in [-0.15, -0.1) is 0 Å². The largest absolute Gasteiger partial charge is 0.321 e. The number of nitrogens with one attached hydrogen (secondary N) is 1. The highest BCUT2D eigenvalue weighted by molar-refractivity contribution is 6.04. The molecule has 0 bridgehead atoms. The van der Waals surface area contributed by atoms with Crippen LogP contribution in [0.15, 0.2) is 42.6 Å². The zero-order valence-electron chi connectivity index (χ0n) is 12.4. The van der Waals surface area contributed by atoms with E-state index in [0.717, 1.165) is 16.9 Å². The summed E-state index contributed by atoms with van der Waals surface area (Å²) in [6, 6.07) is 9.55. The molecule has 0 saturated heterocycles. The lowest BCUT2D eigenvalue weighted by molar-refractivity contribution is 0.102. The molecule has 0 saturated carbocycles. The summed E-state index contributed by atoms with van der Waals surface area (Å²) in [6.07, 6.45) is 2.55. The zero-order chi connectivity index (χ0) is 15.7. The van der Waals surface area contributed by atoms with Crippen molar-refractivity contribution in [2.45, 2.75) is 20.3 Å². The minimum atomic E-state index is -0.335. The molecular formula is C17H16FN3O. The van der Waals surface area contributed by atoms with Crippen LogP contribution in [0.3, 0.4) is 0 Å². The molecule has 3 rings (SSSR count). The quantitative estimate of drug-likeness (QED) is 0.803. The molecule has 0 aliphatic carbocycles. The molecule has 2 aromatic heterocycles. The number of pyridine rings is 1. The molecule has 0 unspecified atom stereocenters. The fraction of sp³-hybridized carbons (Fsp3) is 0.176. The van der Waals surface area contributed by atoms with Crippen molar-refractivity contribution in [1.29, 1.82) is 0 Å². The van der Waals surface area contributed by atoms with Crippen molar-refractivity contribution in [2.75, 3.05) is 5.32 Å². The van der Waals surface area contributed by atoms with Gasteiger partial charge in [-0.1, -0.05) is 13.0 Å². The Morgan fingerprint density at radius 3 is 2.64 bits per heavy atom. The van der Waals surface area contributed by atoms with E-state index in [9.17, 15) is 9.18 Å². The number of carbonyl (C=O) groups excluding carboxylic acids is 1. The molecule has 1 amide bonds. The molecule has 1 aromatic carbocycles. The van der Waals surface area contributed by atoms with Crippen LogP contribution in [0.1, 0.15) is 28.7 Å². The first-order valence-electron chi connectivity index (χ1n) is 7.13. The standard InChI is InChI=1S/C17H16FN3O/c1-3-14-16(21-10-11(2)4-9-15(21)20-14)17(22)19-13-7-5-12(18)6-8-13/h4-10H,3H2,1-2H3,(H,19,22). The molecule has 0 aliphatic rings. The van der Waals surface area contributed by atoms with Crippen LogP contribution < -0.4 is 5.32 Å². The van der Waals surface area contributed by atoms with Gasteiger partial charge in [0.2, 0.25) is 0 Å². The van der Waals surface area contributed by atoms with E-state index in [1.807, 2.05) is 32.2 Å². The summed E-state index contributed by atoms with van der Waals surface area (Å²) in [5.41, 5.74) is 3.60. The number of rotatable bonds is 3. The first-order chi connectivity index (χ1) is 10.6. The van der Waals surface area contributed by atoms with E-state index in [-0.39, 0.29) is 11.7 Å². The lowest BCUT2D eigenvalue weighted by Crippen LogP contribution is -2.16. The second-order valence-electron chi connectivity index (χ2n) is 5.16. The van der Waals surface area contributed by atoms with Gasteiger partial charge in [0, 0.05) is 11.9 Å². The van der Waals surface area contributed by atoms with Gasteiger partial charge < -0.3 is 5.32 Å². The number of benzene rings is 1. The highest BCUT2D eigenvalue weighted by atomic mass is 19.1. The van der Waals surface area contributed by atoms with Gasteiger partial charge in [0.1, 0.15) is 17.2 Å². The summed E-state index contributed by atoms with van der Waals surface area (Å²) >= 11 is 0. The van der Waals surface area contributed by atoms with E-state index in [2.05, 4.69) is 10.3 Å². The Bertz CT molecular complexity index is 837. The summed E-state index contributed by atoms with van der Waals surface area (Å²) in [5, 5.41) is 2.79. The van der Waals surface area contributed by atoms with Crippen LogP contribution in [0.2, 0.25) is 0 Å². The van der Waals surface area contributed by atoms with E-state index < -0.39 is 0 Å². The fourth-order valence-corrected chi connectivity index (χ4v) is 2.41. The van der Waals surface area contributed by atoms with Crippen LogP contribution >= 0.6 is 0 Å². The fourth-order valence-electron chi connectivity index (χ4n) is 2.41. The Labute approximate surface area is 127 Å². The first-order valence-corrected chi connectivity index (χ1v) is 7.13. The molecule has 0 aliphatic heterocycles. The predicted octanol–water partition coefficient (Wildman–Crippen LogP) is 3.60. The van der Waals surface area contributed by atoms with Crippen LogP contribution in [0.5, 0.6) is 0 Å². The topological polar surface area (TPSA) is 46.4 Å². The van der Waals surface area contributed by atoms with Gasteiger partial charge in [0.05, 0.1) is 5.69 Å². The average Bonchev–Trinajstić information content (AvgIpc) is 2.87. The molecule has 5 heteroatoms. The number of fused-ring (bicyclic) bond motifs is 1. The summed E-state index contributed by atoms with van der Waals surface area (Å²) in [7, 11) is 0. The molecular weight excluding hydrogens is 281 g/mol. The van der Waals surface area contributed by atoms with Crippen LogP contribution in [0, 0.1) is 12.7 Å². The highest BCUT2D eigenvalue weighted by Crippen LogP contribution is 2.17. The monoisotopic (exact) mass is 297 g/mol. The number of imidazole rings is 1. The van der Waals surface area contributed by atoms with E-state index in [1.54, 1.807) is 4.40 Å². The van der Waals surface area contributed by atoms with Crippen LogP contribution in [0.4, 0.5) is 10.1 Å². The Morgan fingerprint density at radius 1 is 1.23 bits per heavy atom. The van der Waals surface area contributed by atoms with Crippen molar-refractivity contribution < 1.29 is 9.18 Å². The van der Waals surface area contributed by atoms with Gasteiger partial charge in [-0.25, -0.2) is 9.37 Å². The maximum atomic E-state index is 12.9. The van der Waals surface area contributed by atoms with Gasteiger partial charge in [-0.05, 0) is 49.2 Å². The molecule has 22 heavy (non-hydrogen) atoms. The maximum Gasteiger partial charge on any atom is 0.274 e. The van der Waals surface area contributed by atoms with Gasteiger partial charge in [0.15, 0.2) is 0 Å². The third-order valence-corrected chi connectivity index (χ3v) is 3.49. The molecule has 0 spiro atoms. The van der Waals surface area contributed by atoms with E-state index in [1.165, 1.54) is 24.3 Å². The number of halogens is 1. The smallest absolute Gasteiger partial charge is 0.274 e. The van der Waals surface area contributed by atoms with Crippen LogP contribution in [0.25, 0.3) is 5.65 Å². The number of nitrogens with zero attached hydrogens (tertiary/aromatic N) is 2. The van der Waals surface area contributed by atoms with Crippen molar-refractivity contribution in [1.82, 2.24) is 9.38 Å². The summed E-state index contributed by atoms with van der Waals surface area (Å²) in [4.78, 5) is 17.1. The van der Waals surface area contributed by atoms with Crippen molar-refractivity contribution in [3.8, 4) is 0 Å². The van der Waals surface area contributed by atoms with Crippen molar-refractivity contribution >= 4 is 17.2 Å². The molecule has 112 valence electrons. The van der Waals surface area contributed by atoms with Gasteiger partial charge in [-0.2, -0.15) is 0 Å². The van der Waals surface area contributed by atoms with E-state index in [0.29, 0.717) is 17.8 Å². The molecule has 4 nitrogen and oxygen atoms in total. The number of hydrogen-bond acceptors (Lipinski definition) is 2. The third-order valence-electron chi connectivity index (χ3n) is 3.49. The zero-order valence-corrected chi connectivity index (χ0v) is 12.4. The lowest BCUT2D eigenvalue weighted by Gasteiger charge is -2.07. The molecule has 0 fully saturated rings. The Hall–Kier alpha value is -2.69. The second-order valence-corrected chi connectivity index (χ2v) is 5.16. The normalized spacial score (nSPS) is 10.9. The SMILES string of the molecule is CCc1nc2ccc(C)cn2c1C(=O)Nc1ccc(F)cc1. The summed E-state index contributed by atoms with van der Waals surface area (Å²) in [6.45, 7) is 3.93. The molecule has 1 N–H and O–H groups in total. The Balaban J connectivity index is 2.02. The third kappa shape index (κ3) is 2.57. The van der Waals surface area contributed by atoms with Gasteiger partial charge in [-0.3, -0.25) is 9.20 Å². The summed E-state index contributed by atoms with van der Waals surface area (Å²) < 4.78 is 14.7. The highest BCUT2D eigenvalue weighted by Gasteiger charge is 2.18. The Kier molecular flexibility index (Phi) is 3.63. The molecule has 3 aromatic rings.